The Morgan fingerprint density at radius 1 is 1.12 bits per heavy atom. The van der Waals surface area contributed by atoms with Gasteiger partial charge in [-0.15, -0.1) is 11.8 Å². The van der Waals surface area contributed by atoms with E-state index in [1.807, 2.05) is 11.8 Å². The second-order valence-corrected chi connectivity index (χ2v) is 5.44. The standard InChI is InChI=1S/C14H23NS/c1-3-5-6-7-14(15)12-8-10-13(11-9-12)16-4-2/h8-11,14H,3-7,15H2,1-2H3/t14-/m1/s1. The molecule has 0 saturated carbocycles. The number of nitrogens with two attached hydrogens (primary N) is 1. The highest BCUT2D eigenvalue weighted by Crippen LogP contribution is 2.22. The molecule has 0 aliphatic heterocycles. The lowest BCUT2D eigenvalue weighted by Crippen LogP contribution is -2.09. The molecule has 0 saturated heterocycles. The van der Waals surface area contributed by atoms with E-state index in [0.717, 1.165) is 12.2 Å². The fourth-order valence-electron chi connectivity index (χ4n) is 1.76. The van der Waals surface area contributed by atoms with Crippen LogP contribution in [-0.2, 0) is 0 Å². The second kappa shape index (κ2) is 7.75. The van der Waals surface area contributed by atoms with Crippen molar-refractivity contribution in [3.8, 4) is 0 Å². The van der Waals surface area contributed by atoms with Crippen LogP contribution in [0.2, 0.25) is 0 Å². The molecule has 0 fully saturated rings. The summed E-state index contributed by atoms with van der Waals surface area (Å²) in [5.74, 6) is 1.13. The van der Waals surface area contributed by atoms with Crippen LogP contribution in [0.3, 0.4) is 0 Å². The first-order chi connectivity index (χ1) is 7.77. The molecule has 0 radical (unpaired) electrons. The largest absolute Gasteiger partial charge is 0.324 e. The lowest BCUT2D eigenvalue weighted by Gasteiger charge is -2.12. The molecule has 0 amide bonds. The summed E-state index contributed by atoms with van der Waals surface area (Å²) >= 11 is 1.88. The van der Waals surface area contributed by atoms with Crippen LogP contribution in [0, 0.1) is 0 Å². The highest BCUT2D eigenvalue weighted by atomic mass is 32.2. The first-order valence-electron chi connectivity index (χ1n) is 6.26. The van der Waals surface area contributed by atoms with Crippen molar-refractivity contribution in [1.29, 1.82) is 0 Å². The van der Waals surface area contributed by atoms with Crippen molar-refractivity contribution >= 4 is 11.8 Å². The Hall–Kier alpha value is -0.470. The summed E-state index contributed by atoms with van der Waals surface area (Å²) < 4.78 is 0. The minimum atomic E-state index is 0.215. The lowest BCUT2D eigenvalue weighted by atomic mass is 10.0. The Morgan fingerprint density at radius 3 is 2.38 bits per heavy atom. The van der Waals surface area contributed by atoms with Crippen LogP contribution in [0.25, 0.3) is 0 Å². The molecule has 1 rings (SSSR count). The summed E-state index contributed by atoms with van der Waals surface area (Å²) in [6.07, 6.45) is 4.90. The van der Waals surface area contributed by atoms with Gasteiger partial charge < -0.3 is 5.73 Å². The van der Waals surface area contributed by atoms with Crippen molar-refractivity contribution in [2.75, 3.05) is 5.75 Å². The molecule has 16 heavy (non-hydrogen) atoms. The van der Waals surface area contributed by atoms with Gasteiger partial charge in [0.25, 0.3) is 0 Å². The maximum Gasteiger partial charge on any atom is 0.0294 e. The minimum absolute atomic E-state index is 0.215. The third kappa shape index (κ3) is 4.58. The molecule has 1 aromatic carbocycles. The van der Waals surface area contributed by atoms with E-state index < -0.39 is 0 Å². The van der Waals surface area contributed by atoms with Crippen molar-refractivity contribution in [2.45, 2.75) is 50.5 Å². The van der Waals surface area contributed by atoms with E-state index in [4.69, 9.17) is 5.73 Å². The van der Waals surface area contributed by atoms with Crippen molar-refractivity contribution in [1.82, 2.24) is 0 Å². The second-order valence-electron chi connectivity index (χ2n) is 4.10. The summed E-state index contributed by atoms with van der Waals surface area (Å²) in [5.41, 5.74) is 7.43. The normalized spacial score (nSPS) is 12.7. The van der Waals surface area contributed by atoms with Gasteiger partial charge in [-0.1, -0.05) is 45.2 Å². The van der Waals surface area contributed by atoms with E-state index in [1.165, 1.54) is 29.7 Å². The van der Waals surface area contributed by atoms with Gasteiger partial charge in [0.15, 0.2) is 0 Å². The highest BCUT2D eigenvalue weighted by molar-refractivity contribution is 7.99. The molecular formula is C14H23NS. The minimum Gasteiger partial charge on any atom is -0.324 e. The number of hydrogen-bond acceptors (Lipinski definition) is 2. The van der Waals surface area contributed by atoms with Crippen molar-refractivity contribution in [2.24, 2.45) is 5.73 Å². The summed E-state index contributed by atoms with van der Waals surface area (Å²) in [4.78, 5) is 1.34. The molecule has 0 aromatic heterocycles. The van der Waals surface area contributed by atoms with Crippen LogP contribution in [0.5, 0.6) is 0 Å². The Kier molecular flexibility index (Phi) is 6.58. The van der Waals surface area contributed by atoms with Gasteiger partial charge in [-0.3, -0.25) is 0 Å². The molecule has 0 aliphatic rings. The predicted molar refractivity (Wildman–Crippen MR) is 73.9 cm³/mol. The van der Waals surface area contributed by atoms with Crippen LogP contribution in [0.1, 0.15) is 51.1 Å². The molecule has 90 valence electrons. The zero-order valence-electron chi connectivity index (χ0n) is 10.4. The number of thioether (sulfide) groups is 1. The molecule has 0 aliphatic carbocycles. The van der Waals surface area contributed by atoms with Crippen LogP contribution < -0.4 is 5.73 Å². The molecule has 0 unspecified atom stereocenters. The van der Waals surface area contributed by atoms with Crippen molar-refractivity contribution in [3.63, 3.8) is 0 Å². The first kappa shape index (κ1) is 13.6. The maximum atomic E-state index is 6.15. The van der Waals surface area contributed by atoms with Crippen LogP contribution >= 0.6 is 11.8 Å². The van der Waals surface area contributed by atoms with E-state index >= 15 is 0 Å². The third-order valence-electron chi connectivity index (χ3n) is 2.74. The number of hydrogen-bond donors (Lipinski definition) is 1. The predicted octanol–water partition coefficient (Wildman–Crippen LogP) is 4.38. The van der Waals surface area contributed by atoms with E-state index in [2.05, 4.69) is 38.1 Å². The average molecular weight is 237 g/mol. The molecule has 0 bridgehead atoms. The summed E-state index contributed by atoms with van der Waals surface area (Å²) in [7, 11) is 0. The molecule has 2 heteroatoms. The fourth-order valence-corrected chi connectivity index (χ4v) is 2.42. The molecule has 0 spiro atoms. The summed E-state index contributed by atoms with van der Waals surface area (Å²) in [5, 5.41) is 0. The number of unbranched alkanes of at least 4 members (excludes halogenated alkanes) is 2. The SMILES string of the molecule is CCCCC[C@@H](N)c1ccc(SCC)cc1. The van der Waals surface area contributed by atoms with Crippen molar-refractivity contribution < 1.29 is 0 Å². The Balaban J connectivity index is 2.46. The van der Waals surface area contributed by atoms with Crippen LogP contribution in [-0.4, -0.2) is 5.75 Å². The van der Waals surface area contributed by atoms with E-state index in [-0.39, 0.29) is 6.04 Å². The molecule has 1 atom stereocenters. The molecule has 1 aromatic rings. The molecular weight excluding hydrogens is 214 g/mol. The average Bonchev–Trinajstić information content (AvgIpc) is 2.30. The quantitative estimate of drug-likeness (QED) is 0.562. The van der Waals surface area contributed by atoms with Gasteiger partial charge in [0.05, 0.1) is 0 Å². The van der Waals surface area contributed by atoms with E-state index in [1.54, 1.807) is 0 Å². The van der Waals surface area contributed by atoms with Gasteiger partial charge in [0, 0.05) is 10.9 Å². The van der Waals surface area contributed by atoms with Gasteiger partial charge in [0.2, 0.25) is 0 Å². The van der Waals surface area contributed by atoms with Crippen molar-refractivity contribution in [3.05, 3.63) is 29.8 Å². The Morgan fingerprint density at radius 2 is 1.81 bits per heavy atom. The smallest absolute Gasteiger partial charge is 0.0294 e. The van der Waals surface area contributed by atoms with E-state index in [9.17, 15) is 0 Å². The Labute approximate surface area is 104 Å². The molecule has 1 nitrogen and oxygen atoms in total. The van der Waals surface area contributed by atoms with Gasteiger partial charge >= 0.3 is 0 Å². The molecule has 2 N–H and O–H groups in total. The zero-order chi connectivity index (χ0) is 11.8. The van der Waals surface area contributed by atoms with E-state index in [0.29, 0.717) is 0 Å². The molecule has 0 heterocycles. The number of benzene rings is 1. The fraction of sp³-hybridized carbons (Fsp3) is 0.571. The number of rotatable bonds is 7. The topological polar surface area (TPSA) is 26.0 Å². The maximum absolute atomic E-state index is 6.15. The first-order valence-corrected chi connectivity index (χ1v) is 7.24. The summed E-state index contributed by atoms with van der Waals surface area (Å²) in [6.45, 7) is 4.40. The van der Waals surface area contributed by atoms with Crippen LogP contribution in [0.4, 0.5) is 0 Å². The Bertz CT molecular complexity index is 281. The highest BCUT2D eigenvalue weighted by Gasteiger charge is 2.05. The zero-order valence-corrected chi connectivity index (χ0v) is 11.2. The van der Waals surface area contributed by atoms with Gasteiger partial charge in [0.1, 0.15) is 0 Å². The van der Waals surface area contributed by atoms with Gasteiger partial charge in [-0.05, 0) is 29.9 Å². The van der Waals surface area contributed by atoms with Gasteiger partial charge in [-0.2, -0.15) is 0 Å². The summed E-state index contributed by atoms with van der Waals surface area (Å²) in [6, 6.07) is 8.93. The third-order valence-corrected chi connectivity index (χ3v) is 3.63. The monoisotopic (exact) mass is 237 g/mol. The lowest BCUT2D eigenvalue weighted by molar-refractivity contribution is 0.581. The van der Waals surface area contributed by atoms with Crippen LogP contribution in [0.15, 0.2) is 29.2 Å². The van der Waals surface area contributed by atoms with Gasteiger partial charge in [-0.25, -0.2) is 0 Å².